The highest BCUT2D eigenvalue weighted by atomic mass is 31.2. The smallest absolute Gasteiger partial charge is 0.364 e. The number of fused-ring (bicyclic) bond motifs is 1. The lowest BCUT2D eigenvalue weighted by atomic mass is 10.1. The number of benzene rings is 1. The van der Waals surface area contributed by atoms with E-state index in [2.05, 4.69) is 42.2 Å². The van der Waals surface area contributed by atoms with E-state index in [-0.39, 0.29) is 18.3 Å². The zero-order valence-corrected chi connectivity index (χ0v) is 24.9. The first-order valence-electron chi connectivity index (χ1n) is 13.7. The van der Waals surface area contributed by atoms with Gasteiger partial charge in [0.05, 0.1) is 30.8 Å². The summed E-state index contributed by atoms with van der Waals surface area (Å²) in [7, 11) is -3.75. The number of hydrogen-bond acceptors (Lipinski definition) is 11. The number of likely N-dealkylation sites (tertiary alicyclic amines) is 1. The number of rotatable bonds is 13. The summed E-state index contributed by atoms with van der Waals surface area (Å²) < 4.78 is 32.5. The fourth-order valence-electron chi connectivity index (χ4n) is 4.38. The van der Waals surface area contributed by atoms with E-state index in [1.165, 1.54) is 11.9 Å². The molecule has 0 radical (unpaired) electrons. The Morgan fingerprint density at radius 1 is 1.12 bits per heavy atom. The largest absolute Gasteiger partial charge is 0.462 e. The number of nitrogens with one attached hydrogen (secondary N) is 1. The molecule has 3 heterocycles. The van der Waals surface area contributed by atoms with Gasteiger partial charge in [-0.05, 0) is 33.3 Å². The predicted octanol–water partition coefficient (Wildman–Crippen LogP) is 3.56. The Labute approximate surface area is 240 Å². The SMILES string of the molecule is CC(C)OC(=O)[C@H](C)NP(=O)(CO[C@H](C)Cn1cnc2c(N)ncnc21)ON=C1CCN(Cc2ccccc2)CC1. The van der Waals surface area contributed by atoms with Crippen LogP contribution in [0.2, 0.25) is 0 Å². The minimum atomic E-state index is -3.75. The molecule has 14 heteroatoms. The number of ether oxygens (including phenoxy) is 2. The summed E-state index contributed by atoms with van der Waals surface area (Å²) in [4.78, 5) is 27.3. The molecule has 1 aromatic carbocycles. The molecule has 222 valence electrons. The predicted molar refractivity (Wildman–Crippen MR) is 156 cm³/mol. The number of carbonyl (C=O) groups is 1. The minimum Gasteiger partial charge on any atom is -0.462 e. The van der Waals surface area contributed by atoms with Crippen LogP contribution >= 0.6 is 7.52 Å². The number of piperidine rings is 1. The number of nitrogen functional groups attached to an aromatic ring is 1. The van der Waals surface area contributed by atoms with Crippen molar-refractivity contribution in [3.05, 3.63) is 48.5 Å². The van der Waals surface area contributed by atoms with Crippen LogP contribution in [0.4, 0.5) is 5.82 Å². The highest BCUT2D eigenvalue weighted by Crippen LogP contribution is 2.44. The van der Waals surface area contributed by atoms with E-state index in [4.69, 9.17) is 19.8 Å². The Morgan fingerprint density at radius 2 is 1.85 bits per heavy atom. The van der Waals surface area contributed by atoms with Crippen molar-refractivity contribution >= 4 is 36.2 Å². The number of nitrogens with two attached hydrogens (primary N) is 1. The summed E-state index contributed by atoms with van der Waals surface area (Å²) in [5.74, 6) is -0.252. The molecule has 1 saturated heterocycles. The summed E-state index contributed by atoms with van der Waals surface area (Å²) in [6.07, 6.45) is 3.32. The number of oxime groups is 1. The van der Waals surface area contributed by atoms with Crippen LogP contribution in [0.15, 0.2) is 48.1 Å². The third kappa shape index (κ3) is 8.80. The van der Waals surface area contributed by atoms with Gasteiger partial charge in [0.15, 0.2) is 11.5 Å². The molecule has 4 rings (SSSR count). The second-order valence-electron chi connectivity index (χ2n) is 10.4. The van der Waals surface area contributed by atoms with E-state index in [0.29, 0.717) is 30.6 Å². The van der Waals surface area contributed by atoms with Gasteiger partial charge >= 0.3 is 13.5 Å². The second kappa shape index (κ2) is 14.0. The van der Waals surface area contributed by atoms with E-state index in [1.807, 2.05) is 25.1 Å². The molecule has 0 aliphatic carbocycles. The Morgan fingerprint density at radius 3 is 2.56 bits per heavy atom. The molecule has 1 aliphatic heterocycles. The highest BCUT2D eigenvalue weighted by molar-refractivity contribution is 7.56. The molecule has 13 nitrogen and oxygen atoms in total. The van der Waals surface area contributed by atoms with E-state index in [9.17, 15) is 9.36 Å². The van der Waals surface area contributed by atoms with Crippen molar-refractivity contribution in [1.29, 1.82) is 0 Å². The third-order valence-corrected chi connectivity index (χ3v) is 8.11. The van der Waals surface area contributed by atoms with Crippen LogP contribution in [0.5, 0.6) is 0 Å². The normalized spacial score (nSPS) is 17.2. The van der Waals surface area contributed by atoms with Gasteiger partial charge in [-0.3, -0.25) is 14.3 Å². The van der Waals surface area contributed by atoms with Crippen molar-refractivity contribution in [3.63, 3.8) is 0 Å². The van der Waals surface area contributed by atoms with Crippen molar-refractivity contribution in [2.24, 2.45) is 5.16 Å². The molecule has 3 N–H and O–H groups in total. The van der Waals surface area contributed by atoms with Gasteiger partial charge < -0.3 is 24.4 Å². The number of esters is 1. The Bertz CT molecular complexity index is 1370. The highest BCUT2D eigenvalue weighted by Gasteiger charge is 2.32. The maximum absolute atomic E-state index is 13.9. The molecule has 3 aromatic rings. The lowest BCUT2D eigenvalue weighted by molar-refractivity contribution is -0.149. The van der Waals surface area contributed by atoms with Crippen LogP contribution < -0.4 is 10.8 Å². The zero-order valence-electron chi connectivity index (χ0n) is 24.0. The van der Waals surface area contributed by atoms with Gasteiger partial charge in [-0.15, -0.1) is 0 Å². The number of anilines is 1. The number of carbonyl (C=O) groups excluding carboxylic acids is 1. The van der Waals surface area contributed by atoms with Crippen molar-refractivity contribution in [1.82, 2.24) is 29.5 Å². The lowest BCUT2D eigenvalue weighted by Gasteiger charge is -2.28. The summed E-state index contributed by atoms with van der Waals surface area (Å²) >= 11 is 0. The third-order valence-electron chi connectivity index (χ3n) is 6.49. The molecule has 1 fully saturated rings. The van der Waals surface area contributed by atoms with Crippen molar-refractivity contribution < 1.29 is 23.5 Å². The molecule has 1 aliphatic rings. The molecule has 41 heavy (non-hydrogen) atoms. The summed E-state index contributed by atoms with van der Waals surface area (Å²) in [5.41, 5.74) is 9.01. The number of nitrogens with zero attached hydrogens (tertiary/aromatic N) is 6. The van der Waals surface area contributed by atoms with Crippen LogP contribution in [-0.4, -0.2) is 73.8 Å². The standard InChI is InChI=1S/C27H39N8O5P/c1-19(2)39-27(36)21(4)33-41(37,18-38-20(3)14-35-17-31-24-25(28)29-16-30-26(24)35)40-32-23-10-12-34(13-11-23)15-22-8-6-5-7-9-22/h5-9,16-17,19-21H,10-15,18H2,1-4H3,(H,33,37)(H2,28,29,30)/t20-,21+,41?/m1/s1. The second-order valence-corrected chi connectivity index (χ2v) is 12.5. The lowest BCUT2D eigenvalue weighted by Crippen LogP contribution is -2.36. The Balaban J connectivity index is 1.38. The zero-order chi connectivity index (χ0) is 29.4. The molecular weight excluding hydrogens is 547 g/mol. The fourth-order valence-corrected chi connectivity index (χ4v) is 5.94. The van der Waals surface area contributed by atoms with Gasteiger partial charge in [0.25, 0.3) is 0 Å². The average molecular weight is 587 g/mol. The number of hydrogen-bond donors (Lipinski definition) is 2. The first kappa shape index (κ1) is 30.6. The first-order chi connectivity index (χ1) is 19.6. The maximum atomic E-state index is 13.9. The molecule has 1 unspecified atom stereocenters. The van der Waals surface area contributed by atoms with Crippen molar-refractivity contribution in [2.45, 2.75) is 71.9 Å². The number of imidazole rings is 1. The topological polar surface area (TPSA) is 159 Å². The van der Waals surface area contributed by atoms with Crippen LogP contribution in [0, 0.1) is 0 Å². The van der Waals surface area contributed by atoms with E-state index < -0.39 is 25.6 Å². The number of aromatic nitrogens is 4. The van der Waals surface area contributed by atoms with Crippen LogP contribution in [0.1, 0.15) is 46.1 Å². The fraction of sp³-hybridized carbons (Fsp3) is 0.519. The van der Waals surface area contributed by atoms with Gasteiger partial charge in [0.2, 0.25) is 0 Å². The molecule has 2 aromatic heterocycles. The van der Waals surface area contributed by atoms with Gasteiger partial charge in [0, 0.05) is 32.5 Å². The van der Waals surface area contributed by atoms with Gasteiger partial charge in [0.1, 0.15) is 24.2 Å². The molecule has 3 atom stereocenters. The molecule has 0 bridgehead atoms. The van der Waals surface area contributed by atoms with Crippen molar-refractivity contribution in [2.75, 3.05) is 25.2 Å². The summed E-state index contributed by atoms with van der Waals surface area (Å²) in [6, 6.07) is 9.40. The monoisotopic (exact) mass is 586 g/mol. The van der Waals surface area contributed by atoms with E-state index in [1.54, 1.807) is 31.7 Å². The van der Waals surface area contributed by atoms with Crippen LogP contribution in [0.3, 0.4) is 0 Å². The Hall–Kier alpha value is -3.38. The molecular formula is C27H39N8O5P. The molecule has 0 saturated carbocycles. The average Bonchev–Trinajstić information content (AvgIpc) is 3.36. The summed E-state index contributed by atoms with van der Waals surface area (Å²) in [6.45, 7) is 9.75. The maximum Gasteiger partial charge on any atom is 0.364 e. The van der Waals surface area contributed by atoms with Gasteiger partial charge in [-0.1, -0.05) is 35.5 Å². The van der Waals surface area contributed by atoms with Crippen molar-refractivity contribution in [3.8, 4) is 0 Å². The van der Waals surface area contributed by atoms with Crippen LogP contribution in [-0.2, 0) is 36.5 Å². The quantitative estimate of drug-likeness (QED) is 0.171. The van der Waals surface area contributed by atoms with Gasteiger partial charge in [-0.2, -0.15) is 0 Å². The van der Waals surface area contributed by atoms with Gasteiger partial charge in [-0.25, -0.2) is 20.0 Å². The molecule has 0 amide bonds. The minimum absolute atomic E-state index is 0.289. The first-order valence-corrected chi connectivity index (χ1v) is 15.5. The Kier molecular flexibility index (Phi) is 10.4. The van der Waals surface area contributed by atoms with E-state index >= 15 is 0 Å². The summed E-state index contributed by atoms with van der Waals surface area (Å²) in [5, 5.41) is 7.05. The van der Waals surface area contributed by atoms with E-state index in [0.717, 1.165) is 25.3 Å². The molecule has 0 spiro atoms. The van der Waals surface area contributed by atoms with Crippen LogP contribution in [0.25, 0.3) is 11.2 Å².